The van der Waals surface area contributed by atoms with Crippen molar-refractivity contribution < 1.29 is 33.6 Å². The van der Waals surface area contributed by atoms with Crippen LogP contribution in [0.3, 0.4) is 0 Å². The fourth-order valence-corrected chi connectivity index (χ4v) is 3.27. The minimum atomic E-state index is -0.981. The second kappa shape index (κ2) is 11.7. The van der Waals surface area contributed by atoms with Crippen LogP contribution in [0.15, 0.2) is 42.0 Å². The molecule has 0 saturated heterocycles. The number of ether oxygens (including phenoxy) is 5. The van der Waals surface area contributed by atoms with Gasteiger partial charge in [-0.2, -0.15) is 0 Å². The molecule has 0 unspecified atom stereocenters. The first-order valence-electron chi connectivity index (χ1n) is 10.0. The molecular formula is C25H30O7. The Morgan fingerprint density at radius 1 is 0.906 bits per heavy atom. The van der Waals surface area contributed by atoms with E-state index < -0.39 is 5.97 Å². The molecular weight excluding hydrogens is 412 g/mol. The van der Waals surface area contributed by atoms with Crippen LogP contribution >= 0.6 is 0 Å². The number of allylic oxidation sites excluding steroid dienone is 1. The lowest BCUT2D eigenvalue weighted by Gasteiger charge is -2.21. The van der Waals surface area contributed by atoms with E-state index in [9.17, 15) is 4.79 Å². The number of carboxylic acid groups (broad SMARTS) is 1. The van der Waals surface area contributed by atoms with Gasteiger partial charge in [0.15, 0.2) is 11.5 Å². The van der Waals surface area contributed by atoms with E-state index in [2.05, 4.69) is 6.08 Å². The molecule has 0 amide bonds. The summed E-state index contributed by atoms with van der Waals surface area (Å²) in [5, 5.41) is 8.70. The lowest BCUT2D eigenvalue weighted by atomic mass is 10.00. The fourth-order valence-electron chi connectivity index (χ4n) is 3.27. The molecule has 0 heterocycles. The van der Waals surface area contributed by atoms with Crippen molar-refractivity contribution in [1.82, 2.24) is 0 Å². The van der Waals surface area contributed by atoms with Crippen LogP contribution in [0.2, 0.25) is 0 Å². The number of aliphatic carboxylic acids is 1. The number of hydrogen-bond acceptors (Lipinski definition) is 6. The molecule has 0 aromatic heterocycles. The molecule has 0 radical (unpaired) electrons. The van der Waals surface area contributed by atoms with Gasteiger partial charge < -0.3 is 28.8 Å². The zero-order valence-electron chi connectivity index (χ0n) is 19.4. The Bertz CT molecular complexity index is 989. The maximum Gasteiger partial charge on any atom is 0.328 e. The van der Waals surface area contributed by atoms with Crippen LogP contribution in [0.4, 0.5) is 0 Å². The Hall–Kier alpha value is -3.61. The van der Waals surface area contributed by atoms with Crippen LogP contribution < -0.4 is 23.7 Å². The topological polar surface area (TPSA) is 83.5 Å². The summed E-state index contributed by atoms with van der Waals surface area (Å²) in [6, 6.07) is 7.22. The highest BCUT2D eigenvalue weighted by Gasteiger charge is 2.24. The van der Waals surface area contributed by atoms with Crippen LogP contribution in [-0.2, 0) is 11.2 Å². The predicted molar refractivity (Wildman–Crippen MR) is 123 cm³/mol. The lowest BCUT2D eigenvalue weighted by molar-refractivity contribution is -0.131. The van der Waals surface area contributed by atoms with Crippen LogP contribution in [-0.4, -0.2) is 46.1 Å². The number of carboxylic acids is 1. The normalized spacial score (nSPS) is 11.4. The van der Waals surface area contributed by atoms with Gasteiger partial charge in [-0.1, -0.05) is 18.2 Å². The van der Waals surface area contributed by atoms with Crippen LogP contribution in [0.1, 0.15) is 23.6 Å². The van der Waals surface area contributed by atoms with Crippen molar-refractivity contribution in [3.8, 4) is 28.7 Å². The van der Waals surface area contributed by atoms with Crippen LogP contribution in [0, 0.1) is 6.92 Å². The maximum absolute atomic E-state index is 10.6. The number of benzene rings is 2. The van der Waals surface area contributed by atoms with Crippen molar-refractivity contribution in [2.75, 3.05) is 35.0 Å². The van der Waals surface area contributed by atoms with Crippen molar-refractivity contribution in [2.45, 2.75) is 20.3 Å². The zero-order chi connectivity index (χ0) is 23.7. The molecule has 7 heteroatoms. The first-order chi connectivity index (χ1) is 15.4. The molecule has 0 aliphatic heterocycles. The van der Waals surface area contributed by atoms with Crippen molar-refractivity contribution >= 4 is 12.0 Å². The van der Waals surface area contributed by atoms with E-state index in [-0.39, 0.29) is 0 Å². The highest BCUT2D eigenvalue weighted by molar-refractivity contribution is 5.85. The SMILES string of the molecule is COc1c(C)c(C/C=C(\C)COc2ccc(/C=C/C(=O)O)cc2)c(OC)c(OC)c1OC. The molecule has 1 N–H and O–H groups in total. The Morgan fingerprint density at radius 2 is 1.47 bits per heavy atom. The third-order valence-electron chi connectivity index (χ3n) is 4.92. The Morgan fingerprint density at radius 3 is 2.00 bits per heavy atom. The zero-order valence-corrected chi connectivity index (χ0v) is 19.4. The highest BCUT2D eigenvalue weighted by atomic mass is 16.5. The number of carbonyl (C=O) groups is 1. The predicted octanol–water partition coefficient (Wildman–Crippen LogP) is 4.70. The van der Waals surface area contributed by atoms with Gasteiger partial charge in [0.2, 0.25) is 11.5 Å². The summed E-state index contributed by atoms with van der Waals surface area (Å²) in [4.78, 5) is 10.6. The van der Waals surface area contributed by atoms with Gasteiger partial charge in [0.25, 0.3) is 0 Å². The number of rotatable bonds is 11. The molecule has 0 bridgehead atoms. The molecule has 0 saturated carbocycles. The summed E-state index contributed by atoms with van der Waals surface area (Å²) in [6.07, 6.45) is 5.30. The Kier molecular flexibility index (Phi) is 9.01. The van der Waals surface area contributed by atoms with E-state index >= 15 is 0 Å². The summed E-state index contributed by atoms with van der Waals surface area (Å²) in [7, 11) is 6.33. The van der Waals surface area contributed by atoms with E-state index in [1.54, 1.807) is 52.7 Å². The van der Waals surface area contributed by atoms with Gasteiger partial charge in [0, 0.05) is 17.2 Å². The second-order valence-corrected chi connectivity index (χ2v) is 7.02. The van der Waals surface area contributed by atoms with E-state index in [1.165, 1.54) is 6.08 Å². The van der Waals surface area contributed by atoms with Gasteiger partial charge in [-0.05, 0) is 49.6 Å². The second-order valence-electron chi connectivity index (χ2n) is 7.02. The molecule has 0 aliphatic carbocycles. The minimum absolute atomic E-state index is 0.413. The third-order valence-corrected chi connectivity index (χ3v) is 4.92. The quantitative estimate of drug-likeness (QED) is 0.399. The average Bonchev–Trinajstić information content (AvgIpc) is 2.80. The monoisotopic (exact) mass is 442 g/mol. The molecule has 0 aliphatic rings. The molecule has 0 spiro atoms. The maximum atomic E-state index is 10.6. The first kappa shape index (κ1) is 24.7. The summed E-state index contributed by atoms with van der Waals surface area (Å²) in [5.41, 5.74) is 3.68. The number of hydrogen-bond donors (Lipinski definition) is 1. The van der Waals surface area contributed by atoms with Gasteiger partial charge >= 0.3 is 5.97 Å². The van der Waals surface area contributed by atoms with E-state index in [0.29, 0.717) is 41.8 Å². The van der Waals surface area contributed by atoms with Crippen LogP contribution in [0.25, 0.3) is 6.08 Å². The fraction of sp³-hybridized carbons (Fsp3) is 0.320. The summed E-state index contributed by atoms with van der Waals surface area (Å²) in [5.74, 6) is 1.93. The average molecular weight is 443 g/mol. The van der Waals surface area contributed by atoms with Gasteiger partial charge in [0.05, 0.1) is 28.4 Å². The molecule has 0 fully saturated rings. The highest BCUT2D eigenvalue weighted by Crippen LogP contribution is 2.49. The van der Waals surface area contributed by atoms with Gasteiger partial charge in [-0.25, -0.2) is 4.79 Å². The van der Waals surface area contributed by atoms with Crippen molar-refractivity contribution in [3.05, 3.63) is 58.7 Å². The third kappa shape index (κ3) is 5.97. The molecule has 2 rings (SSSR count). The van der Waals surface area contributed by atoms with Crippen molar-refractivity contribution in [1.29, 1.82) is 0 Å². The molecule has 32 heavy (non-hydrogen) atoms. The van der Waals surface area contributed by atoms with E-state index in [0.717, 1.165) is 28.3 Å². The lowest BCUT2D eigenvalue weighted by Crippen LogP contribution is -2.05. The van der Waals surface area contributed by atoms with Gasteiger partial charge in [-0.15, -0.1) is 0 Å². The largest absolute Gasteiger partial charge is 0.492 e. The molecule has 7 nitrogen and oxygen atoms in total. The van der Waals surface area contributed by atoms with Crippen molar-refractivity contribution in [3.63, 3.8) is 0 Å². The van der Waals surface area contributed by atoms with Gasteiger partial charge in [0.1, 0.15) is 12.4 Å². The van der Waals surface area contributed by atoms with E-state index in [4.69, 9.17) is 28.8 Å². The Labute approximate surface area is 188 Å². The van der Waals surface area contributed by atoms with E-state index in [1.807, 2.05) is 13.8 Å². The van der Waals surface area contributed by atoms with Crippen molar-refractivity contribution in [2.24, 2.45) is 0 Å². The van der Waals surface area contributed by atoms with Gasteiger partial charge in [-0.3, -0.25) is 0 Å². The summed E-state index contributed by atoms with van der Waals surface area (Å²) < 4.78 is 28.1. The Balaban J connectivity index is 2.16. The standard InChI is InChI=1S/C25H30O7/c1-16(15-32-19-11-8-18(9-12-19)10-14-21(26)27)7-13-20-17(2)22(28-3)24(30-5)25(31-6)23(20)29-4/h7-12,14H,13,15H2,1-6H3,(H,26,27)/b14-10+,16-7+. The first-order valence-corrected chi connectivity index (χ1v) is 10.0. The van der Waals surface area contributed by atoms with Crippen LogP contribution in [0.5, 0.6) is 28.7 Å². The molecule has 0 atom stereocenters. The number of methoxy groups -OCH3 is 4. The molecule has 2 aromatic carbocycles. The molecule has 172 valence electrons. The minimum Gasteiger partial charge on any atom is -0.492 e. The summed E-state index contributed by atoms with van der Waals surface area (Å²) in [6.45, 7) is 4.36. The molecule has 2 aromatic rings. The summed E-state index contributed by atoms with van der Waals surface area (Å²) >= 11 is 0. The smallest absolute Gasteiger partial charge is 0.328 e.